The molecular formula is C19H21BrN3O+. The Balaban J connectivity index is 2.04. The van der Waals surface area contributed by atoms with Crippen molar-refractivity contribution in [2.45, 2.75) is 32.4 Å². The van der Waals surface area contributed by atoms with E-state index in [0.29, 0.717) is 11.3 Å². The molecule has 2 aromatic rings. The lowest BCUT2D eigenvalue weighted by Crippen LogP contribution is -2.92. The zero-order chi connectivity index (χ0) is 17.5. The highest BCUT2D eigenvalue weighted by Gasteiger charge is 2.22. The van der Waals surface area contributed by atoms with E-state index in [1.807, 2.05) is 25.1 Å². The van der Waals surface area contributed by atoms with Gasteiger partial charge in [0.15, 0.2) is 6.04 Å². The average molecular weight is 387 g/mol. The van der Waals surface area contributed by atoms with E-state index in [2.05, 4.69) is 51.7 Å². The summed E-state index contributed by atoms with van der Waals surface area (Å²) in [6.07, 6.45) is 0.925. The quantitative estimate of drug-likeness (QED) is 0.798. The summed E-state index contributed by atoms with van der Waals surface area (Å²) in [6.45, 7) is 3.99. The number of benzene rings is 2. The molecule has 0 unspecified atom stereocenters. The standard InChI is InChI=1S/C19H20BrN3O/c1-3-17(14-8-10-16(20)11-9-14)22-13(2)19(24)23-18-7-5-4-6-15(18)12-21/h4-11,13,17,22H,3H2,1-2H3,(H,23,24)/p+1/t13-,17+/m1/s1. The number of nitrogens with zero attached hydrogens (tertiary/aromatic N) is 1. The van der Waals surface area contributed by atoms with Gasteiger partial charge in [-0.05, 0) is 31.2 Å². The van der Waals surface area contributed by atoms with Crippen molar-refractivity contribution in [2.24, 2.45) is 0 Å². The predicted octanol–water partition coefficient (Wildman–Crippen LogP) is 3.36. The van der Waals surface area contributed by atoms with E-state index in [1.165, 1.54) is 5.56 Å². The SMILES string of the molecule is CC[C@H]([NH2+][C@H](C)C(=O)Nc1ccccc1C#N)c1ccc(Br)cc1. The Kier molecular flexibility index (Phi) is 6.53. The molecule has 0 aliphatic rings. The van der Waals surface area contributed by atoms with E-state index in [-0.39, 0.29) is 18.0 Å². The van der Waals surface area contributed by atoms with Gasteiger partial charge in [-0.15, -0.1) is 0 Å². The summed E-state index contributed by atoms with van der Waals surface area (Å²) in [7, 11) is 0. The number of nitrogens with two attached hydrogens (primary N) is 1. The summed E-state index contributed by atoms with van der Waals surface area (Å²) in [4.78, 5) is 12.5. The first-order valence-corrected chi connectivity index (χ1v) is 8.75. The van der Waals surface area contributed by atoms with E-state index in [9.17, 15) is 4.79 Å². The van der Waals surface area contributed by atoms with Gasteiger partial charge in [-0.1, -0.05) is 47.1 Å². The van der Waals surface area contributed by atoms with Gasteiger partial charge in [0.2, 0.25) is 0 Å². The minimum absolute atomic E-state index is 0.103. The maximum absolute atomic E-state index is 12.5. The molecule has 0 saturated heterocycles. The van der Waals surface area contributed by atoms with Crippen molar-refractivity contribution in [3.63, 3.8) is 0 Å². The Labute approximate surface area is 151 Å². The highest BCUT2D eigenvalue weighted by atomic mass is 79.9. The maximum atomic E-state index is 12.5. The molecule has 2 aromatic carbocycles. The lowest BCUT2D eigenvalue weighted by Gasteiger charge is -2.19. The minimum atomic E-state index is -0.259. The molecule has 0 radical (unpaired) electrons. The van der Waals surface area contributed by atoms with Crippen LogP contribution < -0.4 is 10.6 Å². The summed E-state index contributed by atoms with van der Waals surface area (Å²) >= 11 is 3.44. The molecule has 2 rings (SSSR count). The first kappa shape index (κ1) is 18.2. The molecule has 4 nitrogen and oxygen atoms in total. The van der Waals surface area contributed by atoms with Gasteiger partial charge in [0, 0.05) is 16.5 Å². The van der Waals surface area contributed by atoms with E-state index in [0.717, 1.165) is 10.9 Å². The van der Waals surface area contributed by atoms with Gasteiger partial charge in [-0.25, -0.2) is 0 Å². The van der Waals surface area contributed by atoms with Gasteiger partial charge >= 0.3 is 0 Å². The average Bonchev–Trinajstić information content (AvgIpc) is 2.60. The molecule has 5 heteroatoms. The van der Waals surface area contributed by atoms with Crippen molar-refractivity contribution >= 4 is 27.5 Å². The van der Waals surface area contributed by atoms with Crippen molar-refractivity contribution in [3.8, 4) is 6.07 Å². The molecule has 124 valence electrons. The monoisotopic (exact) mass is 386 g/mol. The fraction of sp³-hybridized carbons (Fsp3) is 0.263. The largest absolute Gasteiger partial charge is 0.330 e. The number of para-hydroxylation sites is 1. The van der Waals surface area contributed by atoms with E-state index in [4.69, 9.17) is 5.26 Å². The fourth-order valence-corrected chi connectivity index (χ4v) is 2.83. The number of halogens is 1. The van der Waals surface area contributed by atoms with Crippen LogP contribution in [-0.2, 0) is 4.79 Å². The molecule has 0 fully saturated rings. The Morgan fingerprint density at radius 1 is 1.25 bits per heavy atom. The lowest BCUT2D eigenvalue weighted by atomic mass is 10.0. The number of carbonyl (C=O) groups is 1. The van der Waals surface area contributed by atoms with Crippen LogP contribution in [0.5, 0.6) is 0 Å². The summed E-state index contributed by atoms with van der Waals surface area (Å²) in [5, 5.41) is 14.0. The number of hydrogen-bond donors (Lipinski definition) is 2. The van der Waals surface area contributed by atoms with Gasteiger partial charge in [-0.3, -0.25) is 4.79 Å². The summed E-state index contributed by atoms with van der Waals surface area (Å²) in [5.41, 5.74) is 2.22. The summed E-state index contributed by atoms with van der Waals surface area (Å²) in [6, 6.07) is 17.3. The Hall–Kier alpha value is -2.16. The number of hydrogen-bond acceptors (Lipinski definition) is 2. The second-order valence-corrected chi connectivity index (χ2v) is 6.61. The lowest BCUT2D eigenvalue weighted by molar-refractivity contribution is -0.713. The molecule has 0 aliphatic carbocycles. The first-order valence-electron chi connectivity index (χ1n) is 7.95. The number of amides is 1. The number of carbonyl (C=O) groups excluding carboxylic acids is 1. The van der Waals surface area contributed by atoms with Crippen molar-refractivity contribution in [1.29, 1.82) is 5.26 Å². The van der Waals surface area contributed by atoms with E-state index in [1.54, 1.807) is 18.2 Å². The Bertz CT molecular complexity index is 737. The molecule has 0 aromatic heterocycles. The van der Waals surface area contributed by atoms with Crippen LogP contribution in [-0.4, -0.2) is 11.9 Å². The molecule has 2 atom stereocenters. The number of rotatable bonds is 6. The summed E-state index contributed by atoms with van der Waals surface area (Å²) < 4.78 is 1.04. The van der Waals surface area contributed by atoms with E-state index >= 15 is 0 Å². The van der Waals surface area contributed by atoms with Crippen LogP contribution >= 0.6 is 15.9 Å². The predicted molar refractivity (Wildman–Crippen MR) is 98.3 cm³/mol. The van der Waals surface area contributed by atoms with Crippen molar-refractivity contribution in [1.82, 2.24) is 0 Å². The molecular weight excluding hydrogens is 366 g/mol. The minimum Gasteiger partial charge on any atom is -0.330 e. The van der Waals surface area contributed by atoms with E-state index < -0.39 is 0 Å². The van der Waals surface area contributed by atoms with Crippen molar-refractivity contribution < 1.29 is 10.1 Å². The molecule has 0 spiro atoms. The highest BCUT2D eigenvalue weighted by Crippen LogP contribution is 2.17. The number of anilines is 1. The molecule has 0 saturated carbocycles. The van der Waals surface area contributed by atoms with Crippen LogP contribution in [0.25, 0.3) is 0 Å². The third-order valence-corrected chi connectivity index (χ3v) is 4.51. The van der Waals surface area contributed by atoms with Crippen LogP contribution in [0.2, 0.25) is 0 Å². The van der Waals surface area contributed by atoms with Gasteiger partial charge in [-0.2, -0.15) is 5.26 Å². The third kappa shape index (κ3) is 4.67. The molecule has 3 N–H and O–H groups in total. The van der Waals surface area contributed by atoms with Crippen molar-refractivity contribution in [3.05, 3.63) is 64.1 Å². The second-order valence-electron chi connectivity index (χ2n) is 5.69. The smallest absolute Gasteiger partial charge is 0.282 e. The number of nitrogens with one attached hydrogen (secondary N) is 1. The first-order chi connectivity index (χ1) is 11.5. The highest BCUT2D eigenvalue weighted by molar-refractivity contribution is 9.10. The van der Waals surface area contributed by atoms with Gasteiger partial charge in [0.1, 0.15) is 12.1 Å². The van der Waals surface area contributed by atoms with Crippen LogP contribution in [0.3, 0.4) is 0 Å². The molecule has 0 bridgehead atoms. The normalized spacial score (nSPS) is 12.9. The molecule has 24 heavy (non-hydrogen) atoms. The molecule has 0 heterocycles. The van der Waals surface area contributed by atoms with Crippen LogP contribution in [0, 0.1) is 11.3 Å². The zero-order valence-electron chi connectivity index (χ0n) is 13.8. The van der Waals surface area contributed by atoms with Gasteiger partial charge in [0.25, 0.3) is 5.91 Å². The number of quaternary nitrogens is 1. The van der Waals surface area contributed by atoms with Crippen LogP contribution in [0.1, 0.15) is 37.4 Å². The fourth-order valence-electron chi connectivity index (χ4n) is 2.56. The molecule has 0 aliphatic heterocycles. The van der Waals surface area contributed by atoms with Gasteiger partial charge < -0.3 is 10.6 Å². The number of nitriles is 1. The summed E-state index contributed by atoms with van der Waals surface area (Å²) in [5.74, 6) is -0.103. The maximum Gasteiger partial charge on any atom is 0.282 e. The Morgan fingerprint density at radius 2 is 1.92 bits per heavy atom. The Morgan fingerprint density at radius 3 is 2.54 bits per heavy atom. The van der Waals surface area contributed by atoms with Crippen molar-refractivity contribution in [2.75, 3.05) is 5.32 Å². The van der Waals surface area contributed by atoms with Crippen LogP contribution in [0.15, 0.2) is 53.0 Å². The second kappa shape index (κ2) is 8.62. The topological polar surface area (TPSA) is 69.5 Å². The van der Waals surface area contributed by atoms with Crippen LogP contribution in [0.4, 0.5) is 5.69 Å². The third-order valence-electron chi connectivity index (χ3n) is 3.98. The van der Waals surface area contributed by atoms with Gasteiger partial charge in [0.05, 0.1) is 11.3 Å². The zero-order valence-corrected chi connectivity index (χ0v) is 15.4. The molecule has 1 amide bonds.